The maximum atomic E-state index is 4.36. The summed E-state index contributed by atoms with van der Waals surface area (Å²) in [6.07, 6.45) is 4.19. The first kappa shape index (κ1) is 11.2. The van der Waals surface area contributed by atoms with Gasteiger partial charge in [0.25, 0.3) is 0 Å². The summed E-state index contributed by atoms with van der Waals surface area (Å²) >= 11 is 0. The largest absolute Gasteiger partial charge is 0.363 e. The van der Waals surface area contributed by atoms with Crippen molar-refractivity contribution in [2.45, 2.75) is 19.8 Å². The third kappa shape index (κ3) is 2.43. The molecule has 1 aliphatic rings. The fourth-order valence-electron chi connectivity index (χ4n) is 1.99. The van der Waals surface area contributed by atoms with Crippen LogP contribution in [0.4, 0.5) is 11.6 Å². The lowest BCUT2D eigenvalue weighted by Crippen LogP contribution is -2.33. The van der Waals surface area contributed by atoms with Crippen LogP contribution < -0.4 is 9.80 Å². The van der Waals surface area contributed by atoms with E-state index in [1.165, 1.54) is 12.8 Å². The molecule has 0 saturated carbocycles. The molecule has 4 heteroatoms. The summed E-state index contributed by atoms with van der Waals surface area (Å²) in [4.78, 5) is 13.0. The molecule has 0 spiro atoms. The van der Waals surface area contributed by atoms with Crippen LogP contribution in [-0.4, -0.2) is 37.2 Å². The molecule has 1 aliphatic heterocycles. The average molecular weight is 220 g/mol. The van der Waals surface area contributed by atoms with E-state index in [9.17, 15) is 0 Å². The van der Waals surface area contributed by atoms with Crippen molar-refractivity contribution in [1.29, 1.82) is 0 Å². The topological polar surface area (TPSA) is 32.3 Å². The van der Waals surface area contributed by atoms with E-state index < -0.39 is 0 Å². The van der Waals surface area contributed by atoms with E-state index in [2.05, 4.69) is 27.9 Å². The van der Waals surface area contributed by atoms with Gasteiger partial charge in [0, 0.05) is 33.3 Å². The van der Waals surface area contributed by atoms with Crippen LogP contribution in [0, 0.1) is 5.92 Å². The predicted molar refractivity (Wildman–Crippen MR) is 67.0 cm³/mol. The molecule has 4 nitrogen and oxygen atoms in total. The second kappa shape index (κ2) is 4.68. The van der Waals surface area contributed by atoms with Crippen LogP contribution >= 0.6 is 0 Å². The molecule has 0 radical (unpaired) electrons. The highest BCUT2D eigenvalue weighted by Gasteiger charge is 2.17. The first-order valence-corrected chi connectivity index (χ1v) is 5.91. The summed E-state index contributed by atoms with van der Waals surface area (Å²) in [5.41, 5.74) is 0. The van der Waals surface area contributed by atoms with Crippen LogP contribution in [0.15, 0.2) is 12.4 Å². The number of hydrogen-bond donors (Lipinski definition) is 0. The summed E-state index contributed by atoms with van der Waals surface area (Å²) in [6, 6.07) is 2.07. The van der Waals surface area contributed by atoms with Crippen LogP contribution in [0.1, 0.15) is 19.8 Å². The molecule has 2 heterocycles. The number of piperidine rings is 1. The highest BCUT2D eigenvalue weighted by atomic mass is 15.2. The summed E-state index contributed by atoms with van der Waals surface area (Å²) in [5.74, 6) is 2.89. The number of nitrogens with zero attached hydrogens (tertiary/aromatic N) is 4. The first-order chi connectivity index (χ1) is 7.66. The van der Waals surface area contributed by atoms with E-state index in [0.717, 1.165) is 30.6 Å². The maximum Gasteiger partial charge on any atom is 0.134 e. The summed E-state index contributed by atoms with van der Waals surface area (Å²) in [6.45, 7) is 4.55. The average Bonchev–Trinajstić information content (AvgIpc) is 2.30. The number of anilines is 2. The zero-order chi connectivity index (χ0) is 11.5. The molecule has 0 bridgehead atoms. The molecule has 0 aromatic carbocycles. The van der Waals surface area contributed by atoms with Crippen molar-refractivity contribution < 1.29 is 0 Å². The normalized spacial score (nSPS) is 17.6. The molecule has 16 heavy (non-hydrogen) atoms. The van der Waals surface area contributed by atoms with Gasteiger partial charge in [-0.15, -0.1) is 0 Å². The Morgan fingerprint density at radius 2 is 1.94 bits per heavy atom. The molecular weight excluding hydrogens is 200 g/mol. The monoisotopic (exact) mass is 220 g/mol. The van der Waals surface area contributed by atoms with Crippen molar-refractivity contribution in [2.75, 3.05) is 37.0 Å². The fourth-order valence-corrected chi connectivity index (χ4v) is 1.99. The van der Waals surface area contributed by atoms with Gasteiger partial charge in [0.1, 0.15) is 18.0 Å². The van der Waals surface area contributed by atoms with Crippen LogP contribution in [0.25, 0.3) is 0 Å². The predicted octanol–water partition coefficient (Wildman–Crippen LogP) is 1.78. The second-order valence-corrected chi connectivity index (χ2v) is 4.80. The van der Waals surface area contributed by atoms with Crippen LogP contribution in [0.3, 0.4) is 0 Å². The van der Waals surface area contributed by atoms with Gasteiger partial charge in [0.15, 0.2) is 0 Å². The van der Waals surface area contributed by atoms with Crippen molar-refractivity contribution in [2.24, 2.45) is 5.92 Å². The van der Waals surface area contributed by atoms with Gasteiger partial charge < -0.3 is 9.80 Å². The van der Waals surface area contributed by atoms with Crippen LogP contribution in [0.5, 0.6) is 0 Å². The zero-order valence-electron chi connectivity index (χ0n) is 10.3. The Kier molecular flexibility index (Phi) is 3.27. The van der Waals surface area contributed by atoms with E-state index in [-0.39, 0.29) is 0 Å². The molecule has 0 unspecified atom stereocenters. The molecule has 1 aromatic rings. The minimum Gasteiger partial charge on any atom is -0.363 e. The molecule has 2 rings (SSSR count). The van der Waals surface area contributed by atoms with Gasteiger partial charge in [-0.05, 0) is 18.8 Å². The third-order valence-corrected chi connectivity index (χ3v) is 3.20. The lowest BCUT2D eigenvalue weighted by Gasteiger charge is -2.31. The minimum absolute atomic E-state index is 0.853. The van der Waals surface area contributed by atoms with E-state index >= 15 is 0 Å². The van der Waals surface area contributed by atoms with Gasteiger partial charge >= 0.3 is 0 Å². The molecule has 0 atom stereocenters. The summed E-state index contributed by atoms with van der Waals surface area (Å²) in [7, 11) is 4.01. The van der Waals surface area contributed by atoms with Gasteiger partial charge in [-0.1, -0.05) is 6.92 Å². The van der Waals surface area contributed by atoms with Gasteiger partial charge in [-0.2, -0.15) is 0 Å². The highest BCUT2D eigenvalue weighted by Crippen LogP contribution is 2.22. The SMILES string of the molecule is CC1CCN(c2cc(N(C)C)ncn2)CC1. The van der Waals surface area contributed by atoms with E-state index in [1.54, 1.807) is 6.33 Å². The van der Waals surface area contributed by atoms with Crippen molar-refractivity contribution in [3.63, 3.8) is 0 Å². The summed E-state index contributed by atoms with van der Waals surface area (Å²) in [5, 5.41) is 0. The lowest BCUT2D eigenvalue weighted by molar-refractivity contribution is 0.436. The van der Waals surface area contributed by atoms with Crippen molar-refractivity contribution in [3.8, 4) is 0 Å². The van der Waals surface area contributed by atoms with Crippen LogP contribution in [0.2, 0.25) is 0 Å². The van der Waals surface area contributed by atoms with E-state index in [1.807, 2.05) is 19.0 Å². The van der Waals surface area contributed by atoms with Gasteiger partial charge in [0.05, 0.1) is 0 Å². The first-order valence-electron chi connectivity index (χ1n) is 5.91. The Balaban J connectivity index is 2.11. The number of aromatic nitrogens is 2. The van der Waals surface area contributed by atoms with Crippen LogP contribution in [-0.2, 0) is 0 Å². The standard InChI is InChI=1S/C12H20N4/c1-10-4-6-16(7-5-10)12-8-11(15(2)3)13-9-14-12/h8-10H,4-7H2,1-3H3. The van der Waals surface area contributed by atoms with Gasteiger partial charge in [0.2, 0.25) is 0 Å². The maximum absolute atomic E-state index is 4.36. The fraction of sp³-hybridized carbons (Fsp3) is 0.667. The van der Waals surface area contributed by atoms with Gasteiger partial charge in [-0.25, -0.2) is 9.97 Å². The quantitative estimate of drug-likeness (QED) is 0.760. The molecular formula is C12H20N4. The van der Waals surface area contributed by atoms with Crippen molar-refractivity contribution >= 4 is 11.6 Å². The minimum atomic E-state index is 0.853. The zero-order valence-corrected chi connectivity index (χ0v) is 10.3. The highest BCUT2D eigenvalue weighted by molar-refractivity contribution is 5.49. The molecule has 1 fully saturated rings. The second-order valence-electron chi connectivity index (χ2n) is 4.80. The Morgan fingerprint density at radius 1 is 1.25 bits per heavy atom. The van der Waals surface area contributed by atoms with Crippen molar-refractivity contribution in [3.05, 3.63) is 12.4 Å². The molecule has 0 aliphatic carbocycles. The Bertz CT molecular complexity index is 343. The smallest absolute Gasteiger partial charge is 0.134 e. The van der Waals surface area contributed by atoms with E-state index in [4.69, 9.17) is 0 Å². The molecule has 1 saturated heterocycles. The molecule has 0 amide bonds. The Labute approximate surface area is 97.3 Å². The lowest BCUT2D eigenvalue weighted by atomic mass is 9.99. The molecule has 88 valence electrons. The van der Waals surface area contributed by atoms with Crippen molar-refractivity contribution in [1.82, 2.24) is 9.97 Å². The van der Waals surface area contributed by atoms with E-state index in [0.29, 0.717) is 0 Å². The van der Waals surface area contributed by atoms with Gasteiger partial charge in [-0.3, -0.25) is 0 Å². The molecule has 0 N–H and O–H groups in total. The number of rotatable bonds is 2. The molecule has 1 aromatic heterocycles. The third-order valence-electron chi connectivity index (χ3n) is 3.20. The summed E-state index contributed by atoms with van der Waals surface area (Å²) < 4.78 is 0. The number of hydrogen-bond acceptors (Lipinski definition) is 4. The Hall–Kier alpha value is -1.32. The Morgan fingerprint density at radius 3 is 2.56 bits per heavy atom.